The molecule has 0 saturated carbocycles. The van der Waals surface area contributed by atoms with Gasteiger partial charge in [-0.1, -0.05) is 17.3 Å². The average molecular weight is 351 g/mol. The molecular weight excluding hydrogens is 330 g/mol. The number of hydrogen-bond acceptors (Lipinski definition) is 7. The van der Waals surface area contributed by atoms with Crippen LogP contribution in [0.1, 0.15) is 17.8 Å². The van der Waals surface area contributed by atoms with E-state index in [2.05, 4.69) is 25.8 Å². The Bertz CT molecular complexity index is 839. The Morgan fingerprint density at radius 2 is 2.12 bits per heavy atom. The maximum atomic E-state index is 5.38. The van der Waals surface area contributed by atoms with Crippen molar-refractivity contribution in [2.75, 3.05) is 25.5 Å². The summed E-state index contributed by atoms with van der Waals surface area (Å²) in [5, 5.41) is 10.8. The summed E-state index contributed by atoms with van der Waals surface area (Å²) >= 11 is 0. The molecule has 1 aliphatic heterocycles. The van der Waals surface area contributed by atoms with Gasteiger partial charge >= 0.3 is 0 Å². The van der Waals surface area contributed by atoms with E-state index >= 15 is 0 Å². The van der Waals surface area contributed by atoms with Gasteiger partial charge in [0, 0.05) is 25.2 Å². The Morgan fingerprint density at radius 3 is 2.81 bits per heavy atom. The minimum Gasteiger partial charge on any atom is -0.497 e. The summed E-state index contributed by atoms with van der Waals surface area (Å²) < 4.78 is 10.6. The minimum atomic E-state index is 0.438. The van der Waals surface area contributed by atoms with Crippen LogP contribution in [0.3, 0.4) is 0 Å². The zero-order chi connectivity index (χ0) is 17.8. The summed E-state index contributed by atoms with van der Waals surface area (Å²) in [7, 11) is 1.65. The van der Waals surface area contributed by atoms with Crippen LogP contribution in [0.25, 0.3) is 11.5 Å². The quantitative estimate of drug-likeness (QED) is 0.706. The molecule has 7 nitrogen and oxygen atoms in total. The molecule has 0 radical (unpaired) electrons. The zero-order valence-corrected chi connectivity index (χ0v) is 14.6. The second-order valence-electron chi connectivity index (χ2n) is 6.31. The van der Waals surface area contributed by atoms with E-state index in [9.17, 15) is 0 Å². The summed E-state index contributed by atoms with van der Waals surface area (Å²) in [5.74, 6) is 2.82. The summed E-state index contributed by atoms with van der Waals surface area (Å²) in [6.07, 6.45) is 3.48. The van der Waals surface area contributed by atoms with Gasteiger partial charge in [-0.3, -0.25) is 0 Å². The van der Waals surface area contributed by atoms with Crippen LogP contribution in [0.5, 0.6) is 5.75 Å². The number of rotatable bonds is 6. The summed E-state index contributed by atoms with van der Waals surface area (Å²) in [4.78, 5) is 8.92. The standard InChI is InChI=1S/C19H21N5O2/c1-25-16-5-2-13(3-6-16)10-18-23-19(26-24-18)14-4-7-17(21-11-14)22-15-8-9-20-12-15/h2-7,11,15,20H,8-10,12H2,1H3,(H,21,22)/t15-/m1/s1. The number of ether oxygens (including phenoxy) is 1. The van der Waals surface area contributed by atoms with Crippen molar-refractivity contribution in [1.82, 2.24) is 20.4 Å². The van der Waals surface area contributed by atoms with Crippen LogP contribution in [-0.2, 0) is 6.42 Å². The fraction of sp³-hybridized carbons (Fsp3) is 0.316. The van der Waals surface area contributed by atoms with Crippen LogP contribution < -0.4 is 15.4 Å². The van der Waals surface area contributed by atoms with Crippen molar-refractivity contribution in [2.45, 2.75) is 18.9 Å². The van der Waals surface area contributed by atoms with E-state index in [1.807, 2.05) is 36.4 Å². The SMILES string of the molecule is COc1ccc(Cc2noc(-c3ccc(N[C@@H]4CCNC4)nc3)n2)cc1. The molecule has 3 aromatic rings. The largest absolute Gasteiger partial charge is 0.497 e. The Labute approximate surface area is 151 Å². The van der Waals surface area contributed by atoms with E-state index in [1.54, 1.807) is 13.3 Å². The Hall–Kier alpha value is -2.93. The minimum absolute atomic E-state index is 0.438. The van der Waals surface area contributed by atoms with E-state index in [0.717, 1.165) is 42.2 Å². The van der Waals surface area contributed by atoms with Gasteiger partial charge < -0.3 is 19.9 Å². The van der Waals surface area contributed by atoms with Gasteiger partial charge in [0.25, 0.3) is 5.89 Å². The highest BCUT2D eigenvalue weighted by Gasteiger charge is 2.15. The van der Waals surface area contributed by atoms with Crippen molar-refractivity contribution in [2.24, 2.45) is 0 Å². The number of nitrogens with one attached hydrogen (secondary N) is 2. The van der Waals surface area contributed by atoms with Gasteiger partial charge in [-0.25, -0.2) is 4.98 Å². The number of hydrogen-bond donors (Lipinski definition) is 2. The normalized spacial score (nSPS) is 16.6. The predicted octanol–water partition coefficient (Wildman–Crippen LogP) is 2.50. The average Bonchev–Trinajstić information content (AvgIpc) is 3.35. The third-order valence-electron chi connectivity index (χ3n) is 4.41. The number of pyridine rings is 1. The third kappa shape index (κ3) is 3.83. The van der Waals surface area contributed by atoms with Gasteiger partial charge in [-0.05, 0) is 42.8 Å². The van der Waals surface area contributed by atoms with Crippen molar-refractivity contribution in [3.63, 3.8) is 0 Å². The molecule has 1 aliphatic rings. The molecule has 2 N–H and O–H groups in total. The lowest BCUT2D eigenvalue weighted by Crippen LogP contribution is -2.22. The van der Waals surface area contributed by atoms with E-state index in [-0.39, 0.29) is 0 Å². The van der Waals surface area contributed by atoms with Crippen LogP contribution in [0.15, 0.2) is 47.1 Å². The molecule has 1 atom stereocenters. The van der Waals surface area contributed by atoms with Crippen molar-refractivity contribution in [3.8, 4) is 17.2 Å². The lowest BCUT2D eigenvalue weighted by atomic mass is 10.1. The van der Waals surface area contributed by atoms with E-state index in [1.165, 1.54) is 0 Å². The molecule has 1 saturated heterocycles. The molecule has 0 aliphatic carbocycles. The van der Waals surface area contributed by atoms with Gasteiger partial charge in [0.1, 0.15) is 11.6 Å². The first-order valence-electron chi connectivity index (χ1n) is 8.69. The predicted molar refractivity (Wildman–Crippen MR) is 98.2 cm³/mol. The molecule has 0 bridgehead atoms. The summed E-state index contributed by atoms with van der Waals surface area (Å²) in [5.41, 5.74) is 1.91. The number of methoxy groups -OCH3 is 1. The van der Waals surface area contributed by atoms with Crippen molar-refractivity contribution < 1.29 is 9.26 Å². The molecule has 0 spiro atoms. The lowest BCUT2D eigenvalue weighted by Gasteiger charge is -2.11. The molecule has 7 heteroatoms. The highest BCUT2D eigenvalue weighted by molar-refractivity contribution is 5.54. The highest BCUT2D eigenvalue weighted by atomic mass is 16.5. The van der Waals surface area contributed by atoms with Gasteiger partial charge in [0.2, 0.25) is 0 Å². The van der Waals surface area contributed by atoms with Gasteiger partial charge in [-0.15, -0.1) is 0 Å². The molecular formula is C19H21N5O2. The Kier molecular flexibility index (Phi) is 4.79. The number of nitrogens with zero attached hydrogens (tertiary/aromatic N) is 3. The van der Waals surface area contributed by atoms with E-state index in [0.29, 0.717) is 24.2 Å². The molecule has 2 aromatic heterocycles. The van der Waals surface area contributed by atoms with Crippen molar-refractivity contribution in [1.29, 1.82) is 0 Å². The van der Waals surface area contributed by atoms with Crippen molar-refractivity contribution in [3.05, 3.63) is 54.0 Å². The van der Waals surface area contributed by atoms with Gasteiger partial charge in [-0.2, -0.15) is 4.98 Å². The topological polar surface area (TPSA) is 85.1 Å². The first-order valence-corrected chi connectivity index (χ1v) is 8.69. The maximum Gasteiger partial charge on any atom is 0.259 e. The molecule has 1 aromatic carbocycles. The van der Waals surface area contributed by atoms with E-state index in [4.69, 9.17) is 9.26 Å². The van der Waals surface area contributed by atoms with Crippen LogP contribution in [0.4, 0.5) is 5.82 Å². The van der Waals surface area contributed by atoms with Crippen LogP contribution >= 0.6 is 0 Å². The van der Waals surface area contributed by atoms with Crippen LogP contribution in [0.2, 0.25) is 0 Å². The number of benzene rings is 1. The van der Waals surface area contributed by atoms with Crippen LogP contribution in [0, 0.1) is 0 Å². The smallest absolute Gasteiger partial charge is 0.259 e. The molecule has 3 heterocycles. The summed E-state index contributed by atoms with van der Waals surface area (Å²) in [6.45, 7) is 2.02. The Morgan fingerprint density at radius 1 is 1.23 bits per heavy atom. The fourth-order valence-corrected chi connectivity index (χ4v) is 2.96. The number of anilines is 1. The first-order chi connectivity index (χ1) is 12.8. The number of aromatic nitrogens is 3. The van der Waals surface area contributed by atoms with E-state index < -0.39 is 0 Å². The fourth-order valence-electron chi connectivity index (χ4n) is 2.96. The second-order valence-corrected chi connectivity index (χ2v) is 6.31. The molecule has 134 valence electrons. The molecule has 0 amide bonds. The highest BCUT2D eigenvalue weighted by Crippen LogP contribution is 2.20. The van der Waals surface area contributed by atoms with Gasteiger partial charge in [0.05, 0.1) is 12.7 Å². The zero-order valence-electron chi connectivity index (χ0n) is 14.6. The van der Waals surface area contributed by atoms with Crippen LogP contribution in [-0.4, -0.2) is 41.4 Å². The lowest BCUT2D eigenvalue weighted by molar-refractivity contribution is 0.414. The molecule has 26 heavy (non-hydrogen) atoms. The third-order valence-corrected chi connectivity index (χ3v) is 4.41. The van der Waals surface area contributed by atoms with Crippen molar-refractivity contribution >= 4 is 5.82 Å². The molecule has 4 rings (SSSR count). The first kappa shape index (κ1) is 16.5. The monoisotopic (exact) mass is 351 g/mol. The second kappa shape index (κ2) is 7.53. The maximum absolute atomic E-state index is 5.38. The van der Waals surface area contributed by atoms with Gasteiger partial charge in [0.15, 0.2) is 5.82 Å². The molecule has 1 fully saturated rings. The molecule has 0 unspecified atom stereocenters. The Balaban J connectivity index is 1.41. The summed E-state index contributed by atoms with van der Waals surface area (Å²) in [6, 6.07) is 12.2.